The van der Waals surface area contributed by atoms with Gasteiger partial charge in [-0.05, 0) is 19.8 Å². The summed E-state index contributed by atoms with van der Waals surface area (Å²) in [5.74, 6) is -1.32. The van der Waals surface area contributed by atoms with Gasteiger partial charge in [-0.3, -0.25) is 9.78 Å². The number of hydrogen-bond donors (Lipinski definition) is 1. The Morgan fingerprint density at radius 2 is 2.18 bits per heavy atom. The minimum absolute atomic E-state index is 0.198. The lowest BCUT2D eigenvalue weighted by molar-refractivity contribution is -0.141. The molecule has 0 bridgehead atoms. The molecule has 0 saturated carbocycles. The van der Waals surface area contributed by atoms with Crippen molar-refractivity contribution < 1.29 is 14.7 Å². The number of carbonyl (C=O) groups is 2. The summed E-state index contributed by atoms with van der Waals surface area (Å²) in [7, 11) is 0. The van der Waals surface area contributed by atoms with E-state index < -0.39 is 12.0 Å². The van der Waals surface area contributed by atoms with Crippen LogP contribution in [0.2, 0.25) is 0 Å². The van der Waals surface area contributed by atoms with Crippen LogP contribution in [-0.4, -0.2) is 44.4 Å². The summed E-state index contributed by atoms with van der Waals surface area (Å²) in [5.41, 5.74) is 0.918. The zero-order chi connectivity index (χ0) is 12.4. The van der Waals surface area contributed by atoms with Gasteiger partial charge in [0.25, 0.3) is 5.91 Å². The average Bonchev–Trinajstić information content (AvgIpc) is 2.78. The fourth-order valence-electron chi connectivity index (χ4n) is 1.92. The topological polar surface area (TPSA) is 83.4 Å². The first-order chi connectivity index (χ1) is 8.09. The third-order valence-electron chi connectivity index (χ3n) is 2.80. The Hall–Kier alpha value is -1.98. The van der Waals surface area contributed by atoms with Gasteiger partial charge >= 0.3 is 5.97 Å². The van der Waals surface area contributed by atoms with E-state index in [1.165, 1.54) is 17.3 Å². The molecule has 0 aromatic carbocycles. The van der Waals surface area contributed by atoms with Crippen molar-refractivity contribution in [3.05, 3.63) is 23.8 Å². The van der Waals surface area contributed by atoms with Gasteiger partial charge in [0.15, 0.2) is 0 Å². The SMILES string of the molecule is Cc1cnc(C(=O)N2CCC[C@@H]2C(=O)O)cn1. The number of aliphatic carboxylic acids is 1. The highest BCUT2D eigenvalue weighted by Gasteiger charge is 2.34. The number of amides is 1. The molecule has 2 heterocycles. The van der Waals surface area contributed by atoms with Gasteiger partial charge < -0.3 is 10.0 Å². The molecule has 6 heteroatoms. The summed E-state index contributed by atoms with van der Waals surface area (Å²) in [6.45, 7) is 2.24. The predicted molar refractivity (Wildman–Crippen MR) is 58.5 cm³/mol. The second-order valence-corrected chi connectivity index (χ2v) is 4.04. The second-order valence-electron chi connectivity index (χ2n) is 4.04. The van der Waals surface area contributed by atoms with Gasteiger partial charge in [-0.15, -0.1) is 0 Å². The quantitative estimate of drug-likeness (QED) is 0.805. The molecule has 0 aliphatic carbocycles. The Morgan fingerprint density at radius 1 is 1.41 bits per heavy atom. The average molecular weight is 235 g/mol. The molecule has 1 amide bonds. The summed E-state index contributed by atoms with van der Waals surface area (Å²) < 4.78 is 0. The van der Waals surface area contributed by atoms with E-state index in [0.717, 1.165) is 5.69 Å². The van der Waals surface area contributed by atoms with Gasteiger partial charge in [0.05, 0.1) is 11.9 Å². The van der Waals surface area contributed by atoms with E-state index in [1.807, 2.05) is 0 Å². The molecule has 0 unspecified atom stereocenters. The lowest BCUT2D eigenvalue weighted by Crippen LogP contribution is -2.40. The van der Waals surface area contributed by atoms with E-state index in [9.17, 15) is 9.59 Å². The van der Waals surface area contributed by atoms with Crippen molar-refractivity contribution in [1.82, 2.24) is 14.9 Å². The maximum atomic E-state index is 12.0. The highest BCUT2D eigenvalue weighted by molar-refractivity contribution is 5.95. The van der Waals surface area contributed by atoms with Crippen LogP contribution in [-0.2, 0) is 4.79 Å². The predicted octanol–water partition coefficient (Wildman–Crippen LogP) is 0.474. The molecule has 6 nitrogen and oxygen atoms in total. The van der Waals surface area contributed by atoms with E-state index in [-0.39, 0.29) is 11.6 Å². The number of likely N-dealkylation sites (tertiary alicyclic amines) is 1. The van der Waals surface area contributed by atoms with Crippen molar-refractivity contribution in [3.63, 3.8) is 0 Å². The fourth-order valence-corrected chi connectivity index (χ4v) is 1.92. The number of aryl methyl sites for hydroxylation is 1. The van der Waals surface area contributed by atoms with Gasteiger partial charge in [-0.2, -0.15) is 0 Å². The molecule has 1 aromatic heterocycles. The maximum absolute atomic E-state index is 12.0. The number of nitrogens with zero attached hydrogens (tertiary/aromatic N) is 3. The van der Waals surface area contributed by atoms with Crippen molar-refractivity contribution in [2.24, 2.45) is 0 Å². The summed E-state index contributed by atoms with van der Waals surface area (Å²) >= 11 is 0. The van der Waals surface area contributed by atoms with Crippen molar-refractivity contribution in [1.29, 1.82) is 0 Å². The molecule has 17 heavy (non-hydrogen) atoms. The van der Waals surface area contributed by atoms with Crippen LogP contribution in [0.25, 0.3) is 0 Å². The molecule has 1 aliphatic rings. The van der Waals surface area contributed by atoms with Crippen molar-refractivity contribution in [3.8, 4) is 0 Å². The Morgan fingerprint density at radius 3 is 2.76 bits per heavy atom. The lowest BCUT2D eigenvalue weighted by Gasteiger charge is -2.20. The van der Waals surface area contributed by atoms with Gasteiger partial charge in [0.2, 0.25) is 0 Å². The summed E-state index contributed by atoms with van der Waals surface area (Å²) in [5, 5.41) is 8.99. The molecule has 1 N–H and O–H groups in total. The summed E-state index contributed by atoms with van der Waals surface area (Å²) in [4.78, 5) is 32.3. The number of carboxylic acid groups (broad SMARTS) is 1. The first kappa shape index (κ1) is 11.5. The molecule has 0 spiro atoms. The summed E-state index contributed by atoms with van der Waals surface area (Å²) in [6, 6.07) is -0.731. The van der Waals surface area contributed by atoms with E-state index >= 15 is 0 Å². The second kappa shape index (κ2) is 4.48. The Bertz CT molecular complexity index is 444. The standard InChI is InChI=1S/C11H13N3O3/c1-7-5-13-8(6-12-7)10(15)14-4-2-3-9(14)11(16)17/h5-6,9H,2-4H2,1H3,(H,16,17)/t9-/m1/s1. The third kappa shape index (κ3) is 2.25. The molecule has 0 radical (unpaired) electrons. The van der Waals surface area contributed by atoms with E-state index in [2.05, 4.69) is 9.97 Å². The van der Waals surface area contributed by atoms with Crippen LogP contribution in [0.15, 0.2) is 12.4 Å². The highest BCUT2D eigenvalue weighted by Crippen LogP contribution is 2.19. The zero-order valence-electron chi connectivity index (χ0n) is 9.46. The van der Waals surface area contributed by atoms with Crippen LogP contribution >= 0.6 is 0 Å². The Labute approximate surface area is 98.3 Å². The van der Waals surface area contributed by atoms with E-state index in [1.54, 1.807) is 6.92 Å². The monoisotopic (exact) mass is 235 g/mol. The van der Waals surface area contributed by atoms with Crippen LogP contribution in [0.1, 0.15) is 29.0 Å². The zero-order valence-corrected chi connectivity index (χ0v) is 9.46. The minimum Gasteiger partial charge on any atom is -0.480 e. The Balaban J connectivity index is 2.19. The molecule has 1 aliphatic heterocycles. The molecule has 1 aromatic rings. The van der Waals surface area contributed by atoms with E-state index in [0.29, 0.717) is 19.4 Å². The highest BCUT2D eigenvalue weighted by atomic mass is 16.4. The first-order valence-corrected chi connectivity index (χ1v) is 5.42. The number of carbonyl (C=O) groups excluding carboxylic acids is 1. The van der Waals surface area contributed by atoms with Gasteiger partial charge in [0.1, 0.15) is 11.7 Å². The smallest absolute Gasteiger partial charge is 0.326 e. The van der Waals surface area contributed by atoms with Crippen LogP contribution in [0.4, 0.5) is 0 Å². The normalized spacial score (nSPS) is 19.4. The summed E-state index contributed by atoms with van der Waals surface area (Å²) in [6.07, 6.45) is 4.09. The van der Waals surface area contributed by atoms with Crippen molar-refractivity contribution in [2.45, 2.75) is 25.8 Å². The van der Waals surface area contributed by atoms with E-state index in [4.69, 9.17) is 5.11 Å². The van der Waals surface area contributed by atoms with Gasteiger partial charge in [0, 0.05) is 12.7 Å². The van der Waals surface area contributed by atoms with Crippen LogP contribution in [0.5, 0.6) is 0 Å². The van der Waals surface area contributed by atoms with Crippen LogP contribution < -0.4 is 0 Å². The molecule has 1 atom stereocenters. The number of carboxylic acids is 1. The van der Waals surface area contributed by atoms with Gasteiger partial charge in [-0.25, -0.2) is 9.78 Å². The number of rotatable bonds is 2. The first-order valence-electron chi connectivity index (χ1n) is 5.42. The van der Waals surface area contributed by atoms with Crippen LogP contribution in [0, 0.1) is 6.92 Å². The fraction of sp³-hybridized carbons (Fsp3) is 0.455. The molecule has 90 valence electrons. The molecule has 1 saturated heterocycles. The Kier molecular flexibility index (Phi) is 3.03. The molecular weight excluding hydrogens is 222 g/mol. The molecular formula is C11H13N3O3. The minimum atomic E-state index is -0.962. The van der Waals surface area contributed by atoms with Crippen molar-refractivity contribution in [2.75, 3.05) is 6.54 Å². The third-order valence-corrected chi connectivity index (χ3v) is 2.80. The van der Waals surface area contributed by atoms with Gasteiger partial charge in [-0.1, -0.05) is 0 Å². The van der Waals surface area contributed by atoms with Crippen LogP contribution in [0.3, 0.4) is 0 Å². The van der Waals surface area contributed by atoms with Crippen molar-refractivity contribution >= 4 is 11.9 Å². The largest absolute Gasteiger partial charge is 0.480 e. The maximum Gasteiger partial charge on any atom is 0.326 e. The number of aromatic nitrogens is 2. The lowest BCUT2D eigenvalue weighted by atomic mass is 10.2. The molecule has 2 rings (SSSR count). The molecule has 1 fully saturated rings. The number of hydrogen-bond acceptors (Lipinski definition) is 4.